The summed E-state index contributed by atoms with van der Waals surface area (Å²) in [7, 11) is 0.0251. The van der Waals surface area contributed by atoms with Crippen LogP contribution in [0.3, 0.4) is 0 Å². The van der Waals surface area contributed by atoms with E-state index < -0.39 is 14.0 Å². The zero-order chi connectivity index (χ0) is 22.9. The molecule has 0 radical (unpaired) electrons. The molecule has 0 unspecified atom stereocenters. The maximum absolute atomic E-state index is 13.9. The highest BCUT2D eigenvalue weighted by Crippen LogP contribution is 2.26. The van der Waals surface area contributed by atoms with Crippen LogP contribution in [0.5, 0.6) is 5.75 Å². The predicted octanol–water partition coefficient (Wildman–Crippen LogP) is 5.76. The Morgan fingerprint density at radius 1 is 1.32 bits per heavy atom. The molecule has 2 aromatic rings. The van der Waals surface area contributed by atoms with Crippen molar-refractivity contribution in [3.63, 3.8) is 0 Å². The number of benzene rings is 1. The summed E-state index contributed by atoms with van der Waals surface area (Å²) in [6, 6.07) is 4.86. The van der Waals surface area contributed by atoms with Gasteiger partial charge in [-0.2, -0.15) is 0 Å². The van der Waals surface area contributed by atoms with Crippen LogP contribution in [0.2, 0.25) is 19.6 Å². The van der Waals surface area contributed by atoms with Gasteiger partial charge in [0, 0.05) is 21.4 Å². The first-order chi connectivity index (χ1) is 14.7. The normalized spacial score (nSPS) is 10.9. The first-order valence-corrected chi connectivity index (χ1v) is 15.5. The number of carbonyl (C=O) groups is 1. The molecule has 9 heteroatoms. The minimum absolute atomic E-state index is 0.234. The molecule has 0 aliphatic carbocycles. The number of esters is 1. The Bertz CT molecular complexity index is 950. The van der Waals surface area contributed by atoms with Crippen LogP contribution in [-0.4, -0.2) is 39.3 Å². The number of anilines is 1. The van der Waals surface area contributed by atoms with E-state index in [1.54, 1.807) is 12.1 Å². The van der Waals surface area contributed by atoms with E-state index in [9.17, 15) is 9.18 Å². The SMILES string of the molecule is COC(=O)c1nc(NCCCC#C[Si](C)(C)C)sc1CCCOc1ccc(I)cc1F. The third kappa shape index (κ3) is 9.17. The number of nitrogens with zero attached hydrogens (tertiary/aromatic N) is 1. The minimum atomic E-state index is -1.32. The number of thiazole rings is 1. The number of halogens is 2. The lowest BCUT2D eigenvalue weighted by atomic mass is 10.2. The van der Waals surface area contributed by atoms with Gasteiger partial charge in [0.1, 0.15) is 8.07 Å². The van der Waals surface area contributed by atoms with Gasteiger partial charge in [0.05, 0.1) is 13.7 Å². The third-order valence-corrected chi connectivity index (χ3v) is 6.66. The van der Waals surface area contributed by atoms with E-state index in [2.05, 4.69) is 64.0 Å². The van der Waals surface area contributed by atoms with Crippen molar-refractivity contribution < 1.29 is 18.7 Å². The zero-order valence-electron chi connectivity index (χ0n) is 18.3. The number of rotatable bonds is 10. The fourth-order valence-corrected chi connectivity index (χ4v) is 4.68. The van der Waals surface area contributed by atoms with Gasteiger partial charge in [-0.25, -0.2) is 14.2 Å². The molecule has 0 bridgehead atoms. The highest BCUT2D eigenvalue weighted by molar-refractivity contribution is 14.1. The van der Waals surface area contributed by atoms with Gasteiger partial charge in [0.25, 0.3) is 0 Å². The van der Waals surface area contributed by atoms with E-state index in [-0.39, 0.29) is 11.6 Å². The highest BCUT2D eigenvalue weighted by atomic mass is 127. The van der Waals surface area contributed by atoms with Crippen LogP contribution in [0.25, 0.3) is 0 Å². The quantitative estimate of drug-likeness (QED) is 0.129. The Hall–Kier alpha value is -1.64. The average molecular weight is 575 g/mol. The van der Waals surface area contributed by atoms with Crippen molar-refractivity contribution in [2.24, 2.45) is 0 Å². The van der Waals surface area contributed by atoms with E-state index in [0.717, 1.165) is 27.8 Å². The summed E-state index contributed by atoms with van der Waals surface area (Å²) in [5.74, 6) is 2.66. The molecule has 0 amide bonds. The molecule has 0 spiro atoms. The van der Waals surface area contributed by atoms with E-state index in [1.807, 2.05) is 0 Å². The van der Waals surface area contributed by atoms with Crippen molar-refractivity contribution in [1.29, 1.82) is 0 Å². The summed E-state index contributed by atoms with van der Waals surface area (Å²) >= 11 is 3.49. The van der Waals surface area contributed by atoms with E-state index >= 15 is 0 Å². The van der Waals surface area contributed by atoms with E-state index in [1.165, 1.54) is 24.5 Å². The van der Waals surface area contributed by atoms with Crippen molar-refractivity contribution >= 4 is 53.1 Å². The van der Waals surface area contributed by atoms with Crippen molar-refractivity contribution in [2.45, 2.75) is 45.3 Å². The molecule has 0 saturated carbocycles. The molecular formula is C22H28FIN2O3SSi. The molecular weight excluding hydrogens is 546 g/mol. The van der Waals surface area contributed by atoms with E-state index in [4.69, 9.17) is 9.47 Å². The number of aromatic nitrogens is 1. The van der Waals surface area contributed by atoms with Crippen molar-refractivity contribution in [1.82, 2.24) is 4.98 Å². The van der Waals surface area contributed by atoms with Gasteiger partial charge in [-0.15, -0.1) is 22.8 Å². The Kier molecular flexibility index (Phi) is 10.3. The lowest BCUT2D eigenvalue weighted by Crippen LogP contribution is -2.16. The van der Waals surface area contributed by atoms with Gasteiger partial charge < -0.3 is 14.8 Å². The van der Waals surface area contributed by atoms with Crippen LogP contribution in [0.4, 0.5) is 9.52 Å². The van der Waals surface area contributed by atoms with Gasteiger partial charge >= 0.3 is 5.97 Å². The molecule has 1 N–H and O–H groups in total. The number of hydrogen-bond donors (Lipinski definition) is 1. The van der Waals surface area contributed by atoms with Crippen molar-refractivity contribution in [3.05, 3.63) is 38.2 Å². The molecule has 0 aliphatic rings. The highest BCUT2D eigenvalue weighted by Gasteiger charge is 2.18. The second-order valence-electron chi connectivity index (χ2n) is 7.89. The Morgan fingerprint density at radius 3 is 2.77 bits per heavy atom. The number of hydrogen-bond acceptors (Lipinski definition) is 6. The first-order valence-electron chi connectivity index (χ1n) is 10.1. The van der Waals surface area contributed by atoms with Gasteiger partial charge in [-0.3, -0.25) is 0 Å². The fraction of sp³-hybridized carbons (Fsp3) is 0.455. The lowest BCUT2D eigenvalue weighted by molar-refractivity contribution is 0.0593. The molecule has 2 rings (SSSR count). The summed E-state index contributed by atoms with van der Waals surface area (Å²) in [5.41, 5.74) is 3.68. The summed E-state index contributed by atoms with van der Waals surface area (Å²) in [5, 5.41) is 3.97. The van der Waals surface area contributed by atoms with Gasteiger partial charge in [0.2, 0.25) is 0 Å². The van der Waals surface area contributed by atoms with Gasteiger partial charge in [0.15, 0.2) is 22.4 Å². The second kappa shape index (κ2) is 12.4. The molecule has 0 saturated heterocycles. The molecule has 168 valence electrons. The summed E-state index contributed by atoms with van der Waals surface area (Å²) in [4.78, 5) is 17.3. The smallest absolute Gasteiger partial charge is 0.357 e. The standard InChI is InChI=1S/C22H28FIN2O3SSi/c1-28-21(27)20-19(9-8-13-29-18-11-10-16(24)15-17(18)23)30-22(26-20)25-12-6-5-7-14-31(2,3)4/h10-11,15H,5-6,8-9,12-13H2,1-4H3,(H,25,26). The maximum atomic E-state index is 13.9. The summed E-state index contributed by atoms with van der Waals surface area (Å²) in [6.45, 7) is 7.76. The Balaban J connectivity index is 1.87. The Labute approximate surface area is 202 Å². The van der Waals surface area contributed by atoms with Crippen LogP contribution in [0.1, 0.15) is 34.6 Å². The average Bonchev–Trinajstić information content (AvgIpc) is 3.10. The van der Waals surface area contributed by atoms with Gasteiger partial charge in [-0.1, -0.05) is 19.6 Å². The number of ether oxygens (including phenoxy) is 2. The third-order valence-electron chi connectivity index (χ3n) is 3.99. The predicted molar refractivity (Wildman–Crippen MR) is 135 cm³/mol. The molecule has 0 aliphatic heterocycles. The van der Waals surface area contributed by atoms with Crippen LogP contribution >= 0.6 is 33.9 Å². The minimum Gasteiger partial charge on any atom is -0.491 e. The molecule has 1 heterocycles. The maximum Gasteiger partial charge on any atom is 0.357 e. The second-order valence-corrected chi connectivity index (χ2v) is 15.0. The number of unbranched alkanes of at least 4 members (excludes halogenated alkanes) is 1. The topological polar surface area (TPSA) is 60.5 Å². The molecule has 31 heavy (non-hydrogen) atoms. The van der Waals surface area contributed by atoms with Gasteiger partial charge in [-0.05, 0) is 60.1 Å². The fourth-order valence-electron chi connectivity index (χ4n) is 2.56. The number of carbonyl (C=O) groups excluding carboxylic acids is 1. The Morgan fingerprint density at radius 2 is 2.10 bits per heavy atom. The van der Waals surface area contributed by atoms with Crippen LogP contribution in [0.15, 0.2) is 18.2 Å². The van der Waals surface area contributed by atoms with Crippen LogP contribution < -0.4 is 10.1 Å². The first kappa shape index (κ1) is 25.6. The number of aryl methyl sites for hydroxylation is 1. The lowest BCUT2D eigenvalue weighted by Gasteiger charge is -2.07. The van der Waals surface area contributed by atoms with E-state index in [0.29, 0.717) is 30.3 Å². The largest absolute Gasteiger partial charge is 0.491 e. The molecule has 5 nitrogen and oxygen atoms in total. The van der Waals surface area contributed by atoms with Crippen LogP contribution in [0, 0.1) is 20.9 Å². The molecule has 0 fully saturated rings. The number of methoxy groups -OCH3 is 1. The molecule has 0 atom stereocenters. The molecule has 1 aromatic heterocycles. The monoisotopic (exact) mass is 574 g/mol. The zero-order valence-corrected chi connectivity index (χ0v) is 22.3. The summed E-state index contributed by atoms with van der Waals surface area (Å²) < 4.78 is 25.1. The van der Waals surface area contributed by atoms with Crippen molar-refractivity contribution in [2.75, 3.05) is 25.6 Å². The number of nitrogens with one attached hydrogen (secondary N) is 1. The molecule has 1 aromatic carbocycles. The van der Waals surface area contributed by atoms with Crippen LogP contribution in [-0.2, 0) is 11.2 Å². The summed E-state index contributed by atoms with van der Waals surface area (Å²) in [6.07, 6.45) is 2.97. The van der Waals surface area contributed by atoms with Crippen molar-refractivity contribution in [3.8, 4) is 17.2 Å².